The highest BCUT2D eigenvalue weighted by atomic mass is 16.5. The zero-order chi connectivity index (χ0) is 17.4. The molecule has 1 aliphatic carbocycles. The molecule has 3 N–H and O–H groups in total. The Morgan fingerprint density at radius 3 is 2.72 bits per heavy atom. The third-order valence-corrected chi connectivity index (χ3v) is 5.65. The summed E-state index contributed by atoms with van der Waals surface area (Å²) in [6.07, 6.45) is 3.43. The topological polar surface area (TPSA) is 79.8 Å². The van der Waals surface area contributed by atoms with E-state index >= 15 is 0 Å². The largest absolute Gasteiger partial charge is 0.490 e. The number of ether oxygens (including phenoxy) is 2. The molecule has 1 aromatic carbocycles. The number of carbonyl (C=O) groups is 1. The Bertz CT molecular complexity index is 640. The fraction of sp³-hybridized carbons (Fsp3) is 0.632. The van der Waals surface area contributed by atoms with Gasteiger partial charge < -0.3 is 25.2 Å². The summed E-state index contributed by atoms with van der Waals surface area (Å²) in [5, 5.41) is 15.7. The van der Waals surface area contributed by atoms with Gasteiger partial charge >= 0.3 is 6.09 Å². The van der Waals surface area contributed by atoms with Gasteiger partial charge in [0.15, 0.2) is 0 Å². The third-order valence-electron chi connectivity index (χ3n) is 5.65. The van der Waals surface area contributed by atoms with Gasteiger partial charge in [0.25, 0.3) is 0 Å². The summed E-state index contributed by atoms with van der Waals surface area (Å²) in [6.45, 7) is 3.60. The van der Waals surface area contributed by atoms with Crippen LogP contribution >= 0.6 is 0 Å². The average molecular weight is 346 g/mol. The van der Waals surface area contributed by atoms with E-state index < -0.39 is 6.09 Å². The van der Waals surface area contributed by atoms with E-state index in [-0.39, 0.29) is 18.1 Å². The molecular formula is C19H26N2O4. The minimum atomic E-state index is -0.977. The number of hydrogen-bond acceptors (Lipinski definition) is 4. The minimum Gasteiger partial charge on any atom is -0.490 e. The van der Waals surface area contributed by atoms with Gasteiger partial charge in [0.05, 0.1) is 19.3 Å². The van der Waals surface area contributed by atoms with Crippen molar-refractivity contribution in [2.75, 3.05) is 18.5 Å². The second-order valence-corrected chi connectivity index (χ2v) is 7.47. The Morgan fingerprint density at radius 1 is 1.28 bits per heavy atom. The van der Waals surface area contributed by atoms with Gasteiger partial charge in [-0.25, -0.2) is 4.79 Å². The monoisotopic (exact) mass is 346 g/mol. The second-order valence-electron chi connectivity index (χ2n) is 7.47. The zero-order valence-corrected chi connectivity index (χ0v) is 14.5. The van der Waals surface area contributed by atoms with Gasteiger partial charge in [-0.15, -0.1) is 0 Å². The van der Waals surface area contributed by atoms with Gasteiger partial charge in [-0.1, -0.05) is 6.92 Å². The van der Waals surface area contributed by atoms with Crippen molar-refractivity contribution in [2.24, 2.45) is 11.8 Å². The molecule has 0 unspecified atom stereocenters. The van der Waals surface area contributed by atoms with Crippen LogP contribution in [0.25, 0.3) is 0 Å². The number of benzene rings is 1. The molecule has 0 bridgehead atoms. The molecule has 2 heterocycles. The lowest BCUT2D eigenvalue weighted by Crippen LogP contribution is -2.44. The van der Waals surface area contributed by atoms with E-state index in [4.69, 9.17) is 9.47 Å². The Labute approximate surface area is 147 Å². The molecule has 136 valence electrons. The molecule has 1 aromatic rings. The minimum absolute atomic E-state index is 0.172. The molecule has 6 nitrogen and oxygen atoms in total. The first-order valence-electron chi connectivity index (χ1n) is 9.26. The van der Waals surface area contributed by atoms with Crippen LogP contribution in [-0.2, 0) is 4.74 Å². The summed E-state index contributed by atoms with van der Waals surface area (Å²) >= 11 is 0. The zero-order valence-electron chi connectivity index (χ0n) is 14.5. The van der Waals surface area contributed by atoms with Crippen LogP contribution in [-0.4, -0.2) is 36.6 Å². The van der Waals surface area contributed by atoms with Crippen molar-refractivity contribution in [2.45, 2.75) is 50.8 Å². The first-order valence-corrected chi connectivity index (χ1v) is 9.26. The maximum atomic E-state index is 11.3. The fourth-order valence-electron chi connectivity index (χ4n) is 4.14. The van der Waals surface area contributed by atoms with Crippen LogP contribution in [0.3, 0.4) is 0 Å². The first kappa shape index (κ1) is 16.5. The smallest absolute Gasteiger partial charge is 0.405 e. The summed E-state index contributed by atoms with van der Waals surface area (Å²) in [5.74, 6) is 1.66. The summed E-state index contributed by atoms with van der Waals surface area (Å²) in [4.78, 5) is 11.3. The van der Waals surface area contributed by atoms with Crippen LogP contribution in [0, 0.1) is 11.8 Å². The highest BCUT2D eigenvalue weighted by Crippen LogP contribution is 2.46. The van der Waals surface area contributed by atoms with E-state index in [0.717, 1.165) is 43.1 Å². The van der Waals surface area contributed by atoms with E-state index in [2.05, 4.69) is 17.6 Å². The molecule has 2 fully saturated rings. The van der Waals surface area contributed by atoms with Crippen LogP contribution < -0.4 is 15.4 Å². The quantitative estimate of drug-likeness (QED) is 0.779. The van der Waals surface area contributed by atoms with Gasteiger partial charge in [0, 0.05) is 36.1 Å². The van der Waals surface area contributed by atoms with E-state index in [1.807, 2.05) is 18.2 Å². The van der Waals surface area contributed by atoms with Crippen molar-refractivity contribution in [3.05, 3.63) is 23.8 Å². The van der Waals surface area contributed by atoms with Crippen molar-refractivity contribution in [1.29, 1.82) is 0 Å². The lowest BCUT2D eigenvalue weighted by Gasteiger charge is -2.39. The van der Waals surface area contributed by atoms with Gasteiger partial charge in [0.1, 0.15) is 11.9 Å². The lowest BCUT2D eigenvalue weighted by atomic mass is 9.81. The fourth-order valence-corrected chi connectivity index (χ4v) is 4.14. The Balaban J connectivity index is 1.59. The Morgan fingerprint density at radius 2 is 2.04 bits per heavy atom. The third kappa shape index (κ3) is 3.54. The maximum absolute atomic E-state index is 11.3. The molecule has 6 heteroatoms. The molecule has 1 amide bonds. The van der Waals surface area contributed by atoms with Gasteiger partial charge in [-0.3, -0.25) is 0 Å². The van der Waals surface area contributed by atoms with E-state index in [9.17, 15) is 9.90 Å². The van der Waals surface area contributed by atoms with Crippen LogP contribution in [0.15, 0.2) is 18.2 Å². The van der Waals surface area contributed by atoms with Gasteiger partial charge in [-0.05, 0) is 37.0 Å². The predicted octanol–water partition coefficient (Wildman–Crippen LogP) is 3.39. The summed E-state index contributed by atoms with van der Waals surface area (Å²) in [5.41, 5.74) is 2.00. The van der Waals surface area contributed by atoms with Crippen LogP contribution in [0.2, 0.25) is 0 Å². The normalized spacial score (nSPS) is 29.4. The SMILES string of the molecule is C[C@@H]1[C@@H](NC(=O)O)c2cc(OC3CCOCC3)ccc2N[C@H]1C1CC1. The summed E-state index contributed by atoms with van der Waals surface area (Å²) in [6, 6.07) is 6.13. The van der Waals surface area contributed by atoms with E-state index in [1.165, 1.54) is 12.8 Å². The highest BCUT2D eigenvalue weighted by molar-refractivity contribution is 5.68. The Kier molecular flexibility index (Phi) is 4.46. The van der Waals surface area contributed by atoms with Crippen molar-refractivity contribution >= 4 is 11.8 Å². The van der Waals surface area contributed by atoms with Crippen LogP contribution in [0.1, 0.15) is 44.2 Å². The van der Waals surface area contributed by atoms with Gasteiger partial charge in [-0.2, -0.15) is 0 Å². The first-order chi connectivity index (χ1) is 12.1. The number of nitrogens with one attached hydrogen (secondary N) is 2. The van der Waals surface area contributed by atoms with Crippen molar-refractivity contribution in [3.63, 3.8) is 0 Å². The van der Waals surface area contributed by atoms with Crippen LogP contribution in [0.4, 0.5) is 10.5 Å². The number of hydrogen-bond donors (Lipinski definition) is 3. The molecule has 0 radical (unpaired) electrons. The number of rotatable bonds is 4. The number of fused-ring (bicyclic) bond motifs is 1. The number of anilines is 1. The van der Waals surface area contributed by atoms with Gasteiger partial charge in [0.2, 0.25) is 0 Å². The molecule has 3 atom stereocenters. The van der Waals surface area contributed by atoms with Crippen LogP contribution in [0.5, 0.6) is 5.75 Å². The molecule has 2 aliphatic heterocycles. The second kappa shape index (κ2) is 6.75. The molecule has 3 aliphatic rings. The Hall–Kier alpha value is -1.95. The molecule has 4 rings (SSSR count). The number of amides is 1. The molecule has 0 spiro atoms. The summed E-state index contributed by atoms with van der Waals surface area (Å²) in [7, 11) is 0. The van der Waals surface area contributed by atoms with E-state index in [1.54, 1.807) is 0 Å². The predicted molar refractivity (Wildman–Crippen MR) is 94.1 cm³/mol. The summed E-state index contributed by atoms with van der Waals surface area (Å²) < 4.78 is 11.5. The standard InChI is InChI=1S/C19H26N2O4/c1-11-17(12-2-3-12)20-16-5-4-14(25-13-6-8-24-9-7-13)10-15(16)18(11)21-19(22)23/h4-5,10-13,17-18,20-21H,2-3,6-9H2,1H3,(H,22,23)/t11-,17+,18+/m0/s1. The van der Waals surface area contributed by atoms with Crippen molar-refractivity contribution in [3.8, 4) is 5.75 Å². The lowest BCUT2D eigenvalue weighted by molar-refractivity contribution is 0.0255. The molecular weight excluding hydrogens is 320 g/mol. The van der Waals surface area contributed by atoms with Crippen molar-refractivity contribution in [1.82, 2.24) is 5.32 Å². The maximum Gasteiger partial charge on any atom is 0.405 e. The molecule has 1 saturated carbocycles. The molecule has 0 aromatic heterocycles. The number of carboxylic acid groups (broad SMARTS) is 1. The van der Waals surface area contributed by atoms with Crippen molar-refractivity contribution < 1.29 is 19.4 Å². The average Bonchev–Trinajstić information content (AvgIpc) is 3.43. The molecule has 25 heavy (non-hydrogen) atoms. The molecule has 1 saturated heterocycles. The van der Waals surface area contributed by atoms with E-state index in [0.29, 0.717) is 12.0 Å². The highest BCUT2D eigenvalue weighted by Gasteiger charge is 2.42.